The number of benzene rings is 2. The van der Waals surface area contributed by atoms with Crippen molar-refractivity contribution in [3.8, 4) is 0 Å². The maximum atomic E-state index is 10.7. The zero-order chi connectivity index (χ0) is 14.5. The lowest BCUT2D eigenvalue weighted by atomic mass is 10.1. The van der Waals surface area contributed by atoms with Crippen LogP contribution in [0.5, 0.6) is 0 Å². The zero-order valence-electron chi connectivity index (χ0n) is 11.1. The molecule has 0 saturated carbocycles. The third kappa shape index (κ3) is 3.99. The molecule has 4 N–H and O–H groups in total. The number of carbonyl (C=O) groups is 1. The lowest BCUT2D eigenvalue weighted by Crippen LogP contribution is -2.19. The number of primary amides is 1. The first-order valence-electron chi connectivity index (χ1n) is 6.23. The summed E-state index contributed by atoms with van der Waals surface area (Å²) in [4.78, 5) is 10.7. The van der Waals surface area contributed by atoms with Crippen molar-refractivity contribution in [3.63, 3.8) is 0 Å². The minimum absolute atomic E-state index is 0.183. The first-order valence-corrected chi connectivity index (χ1v) is 7.02. The van der Waals surface area contributed by atoms with Crippen molar-refractivity contribution in [2.24, 2.45) is 5.73 Å². The second-order valence-electron chi connectivity index (χ2n) is 4.49. The second kappa shape index (κ2) is 6.43. The quantitative estimate of drug-likeness (QED) is 0.788. The average molecular weight is 334 g/mol. The van der Waals surface area contributed by atoms with E-state index in [4.69, 9.17) is 5.73 Å². The molecule has 20 heavy (non-hydrogen) atoms. The van der Waals surface area contributed by atoms with Gasteiger partial charge >= 0.3 is 6.03 Å². The van der Waals surface area contributed by atoms with Gasteiger partial charge in [0.25, 0.3) is 0 Å². The number of halogens is 1. The molecule has 0 heterocycles. The minimum atomic E-state index is -0.562. The number of nitrogens with two attached hydrogens (primary N) is 1. The molecule has 0 aliphatic rings. The van der Waals surface area contributed by atoms with Crippen LogP contribution in [0.2, 0.25) is 0 Å². The topological polar surface area (TPSA) is 67.2 Å². The first kappa shape index (κ1) is 14.4. The number of anilines is 2. The molecular formula is C15H16BrN3O. The van der Waals surface area contributed by atoms with Crippen LogP contribution in [0, 0.1) is 0 Å². The van der Waals surface area contributed by atoms with Crippen LogP contribution in [0.3, 0.4) is 0 Å². The fourth-order valence-corrected chi connectivity index (χ4v) is 2.32. The predicted octanol–water partition coefficient (Wildman–Crippen LogP) is 4.11. The van der Waals surface area contributed by atoms with E-state index in [1.54, 1.807) is 12.1 Å². The largest absolute Gasteiger partial charge is 0.379 e. The van der Waals surface area contributed by atoms with Crippen molar-refractivity contribution in [3.05, 3.63) is 58.6 Å². The molecule has 0 fully saturated rings. The third-order valence-corrected chi connectivity index (χ3v) is 3.38. The van der Waals surface area contributed by atoms with Gasteiger partial charge in [0.1, 0.15) is 0 Å². The van der Waals surface area contributed by atoms with Crippen LogP contribution >= 0.6 is 15.9 Å². The summed E-state index contributed by atoms with van der Waals surface area (Å²) < 4.78 is 1.06. The van der Waals surface area contributed by atoms with Gasteiger partial charge in [-0.25, -0.2) is 4.79 Å². The van der Waals surface area contributed by atoms with Crippen LogP contribution in [-0.2, 0) is 0 Å². The molecule has 2 aromatic carbocycles. The highest BCUT2D eigenvalue weighted by molar-refractivity contribution is 9.10. The summed E-state index contributed by atoms with van der Waals surface area (Å²) >= 11 is 3.47. The van der Waals surface area contributed by atoms with Crippen molar-refractivity contribution < 1.29 is 4.79 Å². The van der Waals surface area contributed by atoms with Gasteiger partial charge in [-0.2, -0.15) is 0 Å². The highest BCUT2D eigenvalue weighted by atomic mass is 79.9. The molecule has 0 spiro atoms. The van der Waals surface area contributed by atoms with E-state index in [-0.39, 0.29) is 6.04 Å². The Kier molecular flexibility index (Phi) is 4.63. The second-order valence-corrected chi connectivity index (χ2v) is 5.40. The number of carbonyl (C=O) groups excluding carboxylic acids is 1. The van der Waals surface area contributed by atoms with E-state index >= 15 is 0 Å². The molecule has 4 nitrogen and oxygen atoms in total. The monoisotopic (exact) mass is 333 g/mol. The van der Waals surface area contributed by atoms with Crippen molar-refractivity contribution >= 4 is 33.3 Å². The molecule has 1 unspecified atom stereocenters. The van der Waals surface area contributed by atoms with Crippen molar-refractivity contribution in [2.45, 2.75) is 13.0 Å². The van der Waals surface area contributed by atoms with Gasteiger partial charge in [0.05, 0.1) is 0 Å². The number of hydrogen-bond acceptors (Lipinski definition) is 2. The molecular weight excluding hydrogens is 318 g/mol. The number of urea groups is 1. The number of hydrogen-bond donors (Lipinski definition) is 3. The van der Waals surface area contributed by atoms with Crippen LogP contribution in [0.25, 0.3) is 0 Å². The van der Waals surface area contributed by atoms with E-state index in [1.807, 2.05) is 24.3 Å². The summed E-state index contributed by atoms with van der Waals surface area (Å²) in [6.45, 7) is 2.09. The Labute approximate surface area is 126 Å². The van der Waals surface area contributed by atoms with Gasteiger partial charge in [-0.1, -0.05) is 28.1 Å². The van der Waals surface area contributed by atoms with Gasteiger partial charge in [0, 0.05) is 21.9 Å². The van der Waals surface area contributed by atoms with E-state index in [9.17, 15) is 4.79 Å². The molecule has 1 atom stereocenters. The van der Waals surface area contributed by atoms with E-state index in [0.29, 0.717) is 5.69 Å². The van der Waals surface area contributed by atoms with Gasteiger partial charge in [-0.3, -0.25) is 0 Å². The molecule has 2 amide bonds. The van der Waals surface area contributed by atoms with Gasteiger partial charge in [0.15, 0.2) is 0 Å². The van der Waals surface area contributed by atoms with E-state index in [0.717, 1.165) is 10.2 Å². The number of amides is 2. The molecule has 2 rings (SSSR count). The van der Waals surface area contributed by atoms with Gasteiger partial charge < -0.3 is 16.4 Å². The van der Waals surface area contributed by atoms with Crippen LogP contribution in [0.1, 0.15) is 18.5 Å². The maximum Gasteiger partial charge on any atom is 0.316 e. The highest BCUT2D eigenvalue weighted by Gasteiger charge is 2.05. The maximum absolute atomic E-state index is 10.7. The Morgan fingerprint density at radius 2 is 1.80 bits per heavy atom. The summed E-state index contributed by atoms with van der Waals surface area (Å²) in [5.74, 6) is 0. The Balaban J connectivity index is 2.04. The normalized spacial score (nSPS) is 11.7. The first-order chi connectivity index (χ1) is 9.54. The highest BCUT2D eigenvalue weighted by Crippen LogP contribution is 2.23. The van der Waals surface area contributed by atoms with Crippen molar-refractivity contribution in [2.75, 3.05) is 10.6 Å². The molecule has 0 aliphatic heterocycles. The van der Waals surface area contributed by atoms with E-state index < -0.39 is 6.03 Å². The molecule has 0 bridgehead atoms. The van der Waals surface area contributed by atoms with Gasteiger partial charge in [-0.05, 0) is 48.9 Å². The Hall–Kier alpha value is -2.01. The van der Waals surface area contributed by atoms with Crippen LogP contribution < -0.4 is 16.4 Å². The van der Waals surface area contributed by atoms with E-state index in [1.165, 1.54) is 5.56 Å². The molecule has 5 heteroatoms. The number of nitrogens with one attached hydrogen (secondary N) is 2. The Bertz CT molecular complexity index is 598. The van der Waals surface area contributed by atoms with Crippen LogP contribution in [-0.4, -0.2) is 6.03 Å². The standard InChI is InChI=1S/C15H16BrN3O/c1-10(11-3-2-4-12(16)9-11)18-13-5-7-14(8-6-13)19-15(17)20/h2-10,18H,1H3,(H3,17,19,20). The molecule has 0 radical (unpaired) electrons. The summed E-state index contributed by atoms with van der Waals surface area (Å²) in [6, 6.07) is 15.2. The minimum Gasteiger partial charge on any atom is -0.379 e. The summed E-state index contributed by atoms with van der Waals surface area (Å²) in [5.41, 5.74) is 7.91. The summed E-state index contributed by atoms with van der Waals surface area (Å²) in [7, 11) is 0. The van der Waals surface area contributed by atoms with Crippen molar-refractivity contribution in [1.29, 1.82) is 0 Å². The van der Waals surface area contributed by atoms with Gasteiger partial charge in [0.2, 0.25) is 0 Å². The smallest absolute Gasteiger partial charge is 0.316 e. The Morgan fingerprint density at radius 1 is 1.15 bits per heavy atom. The summed E-state index contributed by atoms with van der Waals surface area (Å²) in [6.07, 6.45) is 0. The predicted molar refractivity (Wildman–Crippen MR) is 85.8 cm³/mol. The molecule has 0 aliphatic carbocycles. The zero-order valence-corrected chi connectivity index (χ0v) is 12.6. The number of rotatable bonds is 4. The van der Waals surface area contributed by atoms with E-state index in [2.05, 4.69) is 45.6 Å². The van der Waals surface area contributed by atoms with Gasteiger partial charge in [-0.15, -0.1) is 0 Å². The average Bonchev–Trinajstić information content (AvgIpc) is 2.40. The van der Waals surface area contributed by atoms with Crippen LogP contribution in [0.15, 0.2) is 53.0 Å². The summed E-state index contributed by atoms with van der Waals surface area (Å²) in [5, 5.41) is 5.93. The third-order valence-electron chi connectivity index (χ3n) is 2.88. The molecule has 104 valence electrons. The fraction of sp³-hybridized carbons (Fsp3) is 0.133. The lowest BCUT2D eigenvalue weighted by Gasteiger charge is -2.16. The lowest BCUT2D eigenvalue weighted by molar-refractivity contribution is 0.259. The Morgan fingerprint density at radius 3 is 2.40 bits per heavy atom. The fourth-order valence-electron chi connectivity index (χ4n) is 1.90. The molecule has 2 aromatic rings. The molecule has 0 aromatic heterocycles. The SMILES string of the molecule is CC(Nc1ccc(NC(N)=O)cc1)c1cccc(Br)c1. The van der Waals surface area contributed by atoms with Crippen molar-refractivity contribution in [1.82, 2.24) is 0 Å². The van der Waals surface area contributed by atoms with Crippen LogP contribution in [0.4, 0.5) is 16.2 Å². The molecule has 0 saturated heterocycles.